The number of halogens is 2. The Morgan fingerprint density at radius 1 is 1.43 bits per heavy atom. The fraction of sp³-hybridized carbons (Fsp3) is 0.500. The van der Waals surface area contributed by atoms with Crippen LogP contribution in [0.1, 0.15) is 30.1 Å². The summed E-state index contributed by atoms with van der Waals surface area (Å²) in [4.78, 5) is 11.4. The summed E-state index contributed by atoms with van der Waals surface area (Å²) in [5, 5.41) is 3.19. The second-order valence-electron chi connectivity index (χ2n) is 5.24. The first-order valence-corrected chi connectivity index (χ1v) is 8.47. The van der Waals surface area contributed by atoms with Gasteiger partial charge in [0.25, 0.3) is 0 Å². The van der Waals surface area contributed by atoms with Crippen LogP contribution >= 0.6 is 12.4 Å². The van der Waals surface area contributed by atoms with Gasteiger partial charge in [-0.1, -0.05) is 0 Å². The average Bonchev–Trinajstić information content (AvgIpc) is 2.48. The van der Waals surface area contributed by atoms with Crippen molar-refractivity contribution in [1.82, 2.24) is 10.0 Å². The van der Waals surface area contributed by atoms with Gasteiger partial charge in [-0.3, -0.25) is 0 Å². The van der Waals surface area contributed by atoms with Crippen LogP contribution in [-0.4, -0.2) is 40.1 Å². The van der Waals surface area contributed by atoms with Gasteiger partial charge >= 0.3 is 5.97 Å². The van der Waals surface area contributed by atoms with Crippen LogP contribution in [0.15, 0.2) is 23.1 Å². The van der Waals surface area contributed by atoms with Gasteiger partial charge in [0, 0.05) is 12.1 Å². The summed E-state index contributed by atoms with van der Waals surface area (Å²) in [6, 6.07) is 2.64. The van der Waals surface area contributed by atoms with Crippen molar-refractivity contribution in [1.29, 1.82) is 0 Å². The molecule has 0 aromatic heterocycles. The maximum Gasteiger partial charge on any atom is 0.339 e. The molecule has 1 aromatic rings. The molecule has 1 aliphatic rings. The number of nitrogens with one attached hydrogen (secondary N) is 2. The van der Waals surface area contributed by atoms with Crippen molar-refractivity contribution in [2.24, 2.45) is 0 Å². The summed E-state index contributed by atoms with van der Waals surface area (Å²) < 4.78 is 45.5. The molecule has 1 fully saturated rings. The van der Waals surface area contributed by atoms with Crippen LogP contribution in [0.3, 0.4) is 0 Å². The summed E-state index contributed by atoms with van der Waals surface area (Å²) >= 11 is 0. The van der Waals surface area contributed by atoms with Gasteiger partial charge in [0.2, 0.25) is 10.0 Å². The monoisotopic (exact) mass is 366 g/mol. The number of sulfonamides is 1. The highest BCUT2D eigenvalue weighted by Gasteiger charge is 2.29. The highest BCUT2D eigenvalue weighted by atomic mass is 35.5. The highest BCUT2D eigenvalue weighted by Crippen LogP contribution is 2.20. The van der Waals surface area contributed by atoms with Crippen molar-refractivity contribution < 1.29 is 22.3 Å². The van der Waals surface area contributed by atoms with Gasteiger partial charge in [0.05, 0.1) is 17.6 Å². The zero-order chi connectivity index (χ0) is 16.3. The largest absolute Gasteiger partial charge is 0.465 e. The van der Waals surface area contributed by atoms with Crippen LogP contribution in [0.5, 0.6) is 0 Å². The predicted molar refractivity (Wildman–Crippen MR) is 85.8 cm³/mol. The topological polar surface area (TPSA) is 84.5 Å². The molecule has 0 saturated carbocycles. The third kappa shape index (κ3) is 4.63. The smallest absolute Gasteiger partial charge is 0.339 e. The van der Waals surface area contributed by atoms with Gasteiger partial charge < -0.3 is 10.1 Å². The Morgan fingerprint density at radius 2 is 2.13 bits per heavy atom. The molecule has 1 heterocycles. The Morgan fingerprint density at radius 3 is 2.74 bits per heavy atom. The molecule has 23 heavy (non-hydrogen) atoms. The number of ether oxygens (including phenoxy) is 1. The first kappa shape index (κ1) is 19.8. The number of hydrogen-bond donors (Lipinski definition) is 2. The first-order valence-electron chi connectivity index (χ1n) is 6.98. The second-order valence-corrected chi connectivity index (χ2v) is 6.93. The van der Waals surface area contributed by atoms with Crippen molar-refractivity contribution in [3.63, 3.8) is 0 Å². The van der Waals surface area contributed by atoms with Crippen LogP contribution in [0.2, 0.25) is 0 Å². The van der Waals surface area contributed by atoms with Crippen LogP contribution in [0, 0.1) is 5.82 Å². The highest BCUT2D eigenvalue weighted by molar-refractivity contribution is 7.89. The van der Waals surface area contributed by atoms with E-state index in [1.54, 1.807) is 0 Å². The Balaban J connectivity index is 0.00000264. The lowest BCUT2D eigenvalue weighted by atomic mass is 10.0. The van der Waals surface area contributed by atoms with E-state index in [1.165, 1.54) is 0 Å². The van der Waals surface area contributed by atoms with Crippen molar-refractivity contribution in [2.75, 3.05) is 13.7 Å². The molecule has 0 spiro atoms. The molecule has 0 aliphatic carbocycles. The van der Waals surface area contributed by atoms with Crippen LogP contribution in [0.4, 0.5) is 4.39 Å². The number of esters is 1. The van der Waals surface area contributed by atoms with E-state index >= 15 is 0 Å². The molecule has 2 rings (SSSR count). The predicted octanol–water partition coefficient (Wildman–Crippen LogP) is 1.45. The van der Waals surface area contributed by atoms with Crippen LogP contribution in [-0.2, 0) is 14.8 Å². The molecule has 2 atom stereocenters. The second kappa shape index (κ2) is 8.05. The number of carbonyl (C=O) groups is 1. The van der Waals surface area contributed by atoms with Crippen LogP contribution in [0.25, 0.3) is 0 Å². The van der Waals surface area contributed by atoms with Crippen molar-refractivity contribution >= 4 is 28.4 Å². The van der Waals surface area contributed by atoms with Gasteiger partial charge in [0.15, 0.2) is 0 Å². The zero-order valence-electron chi connectivity index (χ0n) is 12.8. The van der Waals surface area contributed by atoms with E-state index in [2.05, 4.69) is 14.8 Å². The molecule has 0 amide bonds. The maximum absolute atomic E-state index is 13.3. The summed E-state index contributed by atoms with van der Waals surface area (Å²) in [7, 11) is -2.84. The van der Waals surface area contributed by atoms with E-state index in [0.717, 1.165) is 38.3 Å². The number of piperidine rings is 1. The Bertz CT molecular complexity index is 669. The van der Waals surface area contributed by atoms with Gasteiger partial charge in [-0.15, -0.1) is 12.4 Å². The average molecular weight is 367 g/mol. The minimum absolute atomic E-state index is 0. The molecule has 130 valence electrons. The van der Waals surface area contributed by atoms with Crippen molar-refractivity contribution in [3.05, 3.63) is 29.6 Å². The molecule has 9 heteroatoms. The Kier molecular flexibility index (Phi) is 6.94. The molecule has 1 aromatic carbocycles. The SMILES string of the molecule is COC(=O)c1cc(F)ccc1S(=O)(=O)NC1CCCNC1C.Cl. The molecular formula is C14H20ClFN2O4S. The lowest BCUT2D eigenvalue weighted by Crippen LogP contribution is -2.51. The van der Waals surface area contributed by atoms with Crippen LogP contribution < -0.4 is 10.0 Å². The molecular weight excluding hydrogens is 347 g/mol. The third-order valence-corrected chi connectivity index (χ3v) is 5.25. The molecule has 6 nitrogen and oxygen atoms in total. The minimum Gasteiger partial charge on any atom is -0.465 e. The zero-order valence-corrected chi connectivity index (χ0v) is 14.5. The molecule has 2 unspecified atom stereocenters. The van der Waals surface area contributed by atoms with E-state index in [-0.39, 0.29) is 34.9 Å². The minimum atomic E-state index is -3.95. The fourth-order valence-electron chi connectivity index (χ4n) is 2.47. The number of hydrogen-bond acceptors (Lipinski definition) is 5. The van der Waals surface area contributed by atoms with Crippen molar-refractivity contribution in [2.45, 2.75) is 36.7 Å². The summed E-state index contributed by atoms with van der Waals surface area (Å²) in [5.74, 6) is -1.60. The lowest BCUT2D eigenvalue weighted by Gasteiger charge is -2.30. The normalized spacial score (nSPS) is 21.3. The summed E-state index contributed by atoms with van der Waals surface area (Å²) in [6.07, 6.45) is 1.55. The van der Waals surface area contributed by atoms with Gasteiger partial charge in [-0.25, -0.2) is 22.3 Å². The van der Waals surface area contributed by atoms with Gasteiger partial charge in [-0.05, 0) is 44.5 Å². The van der Waals surface area contributed by atoms with E-state index < -0.39 is 21.8 Å². The van der Waals surface area contributed by atoms with Crippen molar-refractivity contribution in [3.8, 4) is 0 Å². The third-order valence-electron chi connectivity index (χ3n) is 3.70. The quantitative estimate of drug-likeness (QED) is 0.788. The van der Waals surface area contributed by atoms with E-state index in [1.807, 2.05) is 6.92 Å². The molecule has 1 saturated heterocycles. The number of methoxy groups -OCH3 is 1. The Labute approximate surface area is 141 Å². The Hall–Kier alpha value is -1.22. The first-order chi connectivity index (χ1) is 10.3. The number of rotatable bonds is 4. The standard InChI is InChI=1S/C14H19FN2O4S.ClH/c1-9-12(4-3-7-16-9)17-22(19,20)13-6-5-10(15)8-11(13)14(18)21-2;/h5-6,8-9,12,16-17H,3-4,7H2,1-2H3;1H. The van der Waals surface area contributed by atoms with Gasteiger partial charge in [0.1, 0.15) is 5.82 Å². The van der Waals surface area contributed by atoms with Gasteiger partial charge in [-0.2, -0.15) is 0 Å². The molecule has 0 bridgehead atoms. The molecule has 0 radical (unpaired) electrons. The molecule has 1 aliphatic heterocycles. The maximum atomic E-state index is 13.3. The van der Waals surface area contributed by atoms with E-state index in [9.17, 15) is 17.6 Å². The lowest BCUT2D eigenvalue weighted by molar-refractivity contribution is 0.0595. The number of benzene rings is 1. The number of carbonyl (C=O) groups excluding carboxylic acids is 1. The van der Waals surface area contributed by atoms with E-state index in [0.29, 0.717) is 6.42 Å². The summed E-state index contributed by atoms with van der Waals surface area (Å²) in [6.45, 7) is 2.72. The summed E-state index contributed by atoms with van der Waals surface area (Å²) in [5.41, 5.74) is -0.313. The fourth-order valence-corrected chi connectivity index (χ4v) is 4.00. The molecule has 2 N–H and O–H groups in total. The van der Waals surface area contributed by atoms with E-state index in [4.69, 9.17) is 0 Å².